The Kier molecular flexibility index (Phi) is 4.78. The lowest BCUT2D eigenvalue weighted by atomic mass is 10.0. The van der Waals surface area contributed by atoms with Crippen LogP contribution in [0, 0.1) is 0 Å². The van der Waals surface area contributed by atoms with Crippen LogP contribution < -0.4 is 11.0 Å². The number of rotatable bonds is 4. The molecule has 7 heteroatoms. The van der Waals surface area contributed by atoms with Crippen molar-refractivity contribution in [3.63, 3.8) is 0 Å². The van der Waals surface area contributed by atoms with E-state index >= 15 is 0 Å². The summed E-state index contributed by atoms with van der Waals surface area (Å²) in [5.74, 6) is -0.482. The van der Waals surface area contributed by atoms with E-state index < -0.39 is 5.91 Å². The van der Waals surface area contributed by atoms with Crippen LogP contribution in [0.25, 0.3) is 21.5 Å². The van der Waals surface area contributed by atoms with E-state index in [2.05, 4.69) is 15.6 Å². The second-order valence-corrected chi connectivity index (χ2v) is 6.43. The minimum atomic E-state index is -0.542. The third kappa shape index (κ3) is 3.34. The van der Waals surface area contributed by atoms with Crippen LogP contribution in [0.3, 0.4) is 0 Å². The summed E-state index contributed by atoms with van der Waals surface area (Å²) in [7, 11) is 0. The molecule has 0 saturated carbocycles. The lowest BCUT2D eigenvalue weighted by Gasteiger charge is -2.08. The summed E-state index contributed by atoms with van der Waals surface area (Å²) in [6.07, 6.45) is 1.40. The first-order chi connectivity index (χ1) is 14.1. The van der Waals surface area contributed by atoms with E-state index in [0.29, 0.717) is 22.9 Å². The number of fused-ring (bicyclic) bond motifs is 2. The maximum atomic E-state index is 12.7. The Morgan fingerprint density at radius 2 is 1.76 bits per heavy atom. The third-order valence-electron chi connectivity index (χ3n) is 4.69. The Hall–Kier alpha value is -4.00. The predicted molar refractivity (Wildman–Crippen MR) is 112 cm³/mol. The van der Waals surface area contributed by atoms with Crippen molar-refractivity contribution >= 4 is 33.7 Å². The molecule has 0 aliphatic carbocycles. The standard InChI is InChI=1S/C22H18N4O3/c1-2-26-22(29)17-10-6-5-9-16(17)20(25-26)21(28)24-23-13-18-15-8-4-3-7-14(15)11-12-19(18)27/h3-13,27H,2H2,1H3,(H,24,28)/b23-13+. The van der Waals surface area contributed by atoms with E-state index in [9.17, 15) is 14.7 Å². The van der Waals surface area contributed by atoms with Crippen molar-refractivity contribution in [3.05, 3.63) is 82.3 Å². The number of benzene rings is 3. The fraction of sp³-hybridized carbons (Fsp3) is 0.0909. The number of nitrogens with one attached hydrogen (secondary N) is 1. The molecule has 0 bridgehead atoms. The molecule has 0 unspecified atom stereocenters. The molecule has 1 aromatic heterocycles. The summed E-state index contributed by atoms with van der Waals surface area (Å²) < 4.78 is 1.25. The van der Waals surface area contributed by atoms with Crippen LogP contribution in [0.15, 0.2) is 70.6 Å². The number of phenols is 1. The molecule has 7 nitrogen and oxygen atoms in total. The van der Waals surface area contributed by atoms with Gasteiger partial charge < -0.3 is 5.11 Å². The molecule has 29 heavy (non-hydrogen) atoms. The number of carbonyl (C=O) groups excluding carboxylic acids is 1. The highest BCUT2D eigenvalue weighted by atomic mass is 16.3. The quantitative estimate of drug-likeness (QED) is 0.416. The molecule has 1 amide bonds. The third-order valence-corrected chi connectivity index (χ3v) is 4.69. The van der Waals surface area contributed by atoms with Gasteiger partial charge in [-0.25, -0.2) is 10.1 Å². The number of amides is 1. The zero-order valence-corrected chi connectivity index (χ0v) is 15.7. The zero-order chi connectivity index (χ0) is 20.4. The second-order valence-electron chi connectivity index (χ2n) is 6.43. The van der Waals surface area contributed by atoms with Gasteiger partial charge in [-0.2, -0.15) is 10.2 Å². The summed E-state index contributed by atoms with van der Waals surface area (Å²) in [6.45, 7) is 2.13. The van der Waals surface area contributed by atoms with Crippen molar-refractivity contribution < 1.29 is 9.90 Å². The number of phenolic OH excluding ortho intramolecular Hbond substituents is 1. The largest absolute Gasteiger partial charge is 0.507 e. The molecule has 144 valence electrons. The van der Waals surface area contributed by atoms with Gasteiger partial charge in [0.15, 0.2) is 5.69 Å². The average molecular weight is 386 g/mol. The Morgan fingerprint density at radius 3 is 2.52 bits per heavy atom. The molecule has 0 aliphatic rings. The van der Waals surface area contributed by atoms with E-state index in [1.54, 1.807) is 37.3 Å². The highest BCUT2D eigenvalue weighted by Crippen LogP contribution is 2.25. The van der Waals surface area contributed by atoms with Crippen molar-refractivity contribution in [1.82, 2.24) is 15.2 Å². The van der Waals surface area contributed by atoms with Gasteiger partial charge >= 0.3 is 0 Å². The second kappa shape index (κ2) is 7.55. The maximum Gasteiger partial charge on any atom is 0.292 e. The molecule has 0 atom stereocenters. The van der Waals surface area contributed by atoms with Gasteiger partial charge in [0.05, 0.1) is 11.6 Å². The minimum absolute atomic E-state index is 0.0600. The summed E-state index contributed by atoms with van der Waals surface area (Å²) >= 11 is 0. The van der Waals surface area contributed by atoms with Gasteiger partial charge in [-0.05, 0) is 29.8 Å². The van der Waals surface area contributed by atoms with Gasteiger partial charge in [0, 0.05) is 17.5 Å². The number of aryl methyl sites for hydroxylation is 1. The van der Waals surface area contributed by atoms with Crippen LogP contribution in [-0.4, -0.2) is 27.0 Å². The molecule has 0 spiro atoms. The summed E-state index contributed by atoms with van der Waals surface area (Å²) in [4.78, 5) is 25.1. The van der Waals surface area contributed by atoms with Gasteiger partial charge in [-0.1, -0.05) is 48.5 Å². The van der Waals surface area contributed by atoms with Gasteiger partial charge in [0.2, 0.25) is 0 Å². The number of hydrazone groups is 1. The Morgan fingerprint density at radius 1 is 1.07 bits per heavy atom. The average Bonchev–Trinajstić information content (AvgIpc) is 2.75. The van der Waals surface area contributed by atoms with E-state index in [4.69, 9.17) is 0 Å². The van der Waals surface area contributed by atoms with Crippen LogP contribution in [0.2, 0.25) is 0 Å². The molecule has 0 aliphatic heterocycles. The SMILES string of the molecule is CCn1nc(C(=O)N/N=C/c2c(O)ccc3ccccc23)c2ccccc2c1=O. The molecular formula is C22H18N4O3. The molecule has 2 N–H and O–H groups in total. The highest BCUT2D eigenvalue weighted by Gasteiger charge is 2.15. The van der Waals surface area contributed by atoms with Crippen LogP contribution >= 0.6 is 0 Å². The first-order valence-corrected chi connectivity index (χ1v) is 9.14. The van der Waals surface area contributed by atoms with Gasteiger partial charge in [-0.3, -0.25) is 9.59 Å². The van der Waals surface area contributed by atoms with Gasteiger partial charge in [0.25, 0.3) is 11.5 Å². The lowest BCUT2D eigenvalue weighted by molar-refractivity contribution is 0.0949. The zero-order valence-electron chi connectivity index (χ0n) is 15.7. The normalized spacial score (nSPS) is 11.3. The molecular weight excluding hydrogens is 368 g/mol. The number of aromatic nitrogens is 2. The molecule has 0 fully saturated rings. The predicted octanol–water partition coefficient (Wildman–Crippen LogP) is 3.04. The molecule has 0 saturated heterocycles. The monoisotopic (exact) mass is 386 g/mol. The molecule has 1 heterocycles. The van der Waals surface area contributed by atoms with Crippen molar-refractivity contribution in [1.29, 1.82) is 0 Å². The Bertz CT molecular complexity index is 1320. The van der Waals surface area contributed by atoms with Crippen LogP contribution in [0.1, 0.15) is 23.0 Å². The number of hydrogen-bond acceptors (Lipinski definition) is 5. The molecule has 3 aromatic carbocycles. The summed E-state index contributed by atoms with van der Waals surface area (Å²) in [5.41, 5.74) is 2.81. The molecule has 0 radical (unpaired) electrons. The first-order valence-electron chi connectivity index (χ1n) is 9.14. The van der Waals surface area contributed by atoms with Crippen molar-refractivity contribution in [3.8, 4) is 5.75 Å². The molecule has 4 aromatic rings. The summed E-state index contributed by atoms with van der Waals surface area (Å²) in [6, 6.07) is 17.8. The minimum Gasteiger partial charge on any atom is -0.507 e. The summed E-state index contributed by atoms with van der Waals surface area (Å²) in [5, 5.41) is 21.0. The first kappa shape index (κ1) is 18.4. The van der Waals surface area contributed by atoms with E-state index in [1.165, 1.54) is 10.9 Å². The van der Waals surface area contributed by atoms with Crippen LogP contribution in [0.5, 0.6) is 5.75 Å². The van der Waals surface area contributed by atoms with Crippen LogP contribution in [-0.2, 0) is 6.54 Å². The van der Waals surface area contributed by atoms with Crippen LogP contribution in [0.4, 0.5) is 0 Å². The maximum absolute atomic E-state index is 12.7. The highest BCUT2D eigenvalue weighted by molar-refractivity contribution is 6.06. The van der Waals surface area contributed by atoms with Gasteiger partial charge in [-0.15, -0.1) is 0 Å². The number of nitrogens with zero attached hydrogens (tertiary/aromatic N) is 3. The Labute approximate surface area is 165 Å². The van der Waals surface area contributed by atoms with Crippen molar-refractivity contribution in [2.45, 2.75) is 13.5 Å². The van der Waals surface area contributed by atoms with Gasteiger partial charge in [0.1, 0.15) is 5.75 Å². The number of carbonyl (C=O) groups is 1. The van der Waals surface area contributed by atoms with E-state index in [1.807, 2.05) is 30.3 Å². The number of aromatic hydroxyl groups is 1. The van der Waals surface area contributed by atoms with E-state index in [0.717, 1.165) is 10.8 Å². The molecule has 4 rings (SSSR count). The fourth-order valence-electron chi connectivity index (χ4n) is 3.25. The van der Waals surface area contributed by atoms with Crippen molar-refractivity contribution in [2.24, 2.45) is 5.10 Å². The topological polar surface area (TPSA) is 96.6 Å². The Balaban J connectivity index is 1.69. The number of hydrogen-bond donors (Lipinski definition) is 2. The fourth-order valence-corrected chi connectivity index (χ4v) is 3.25. The lowest BCUT2D eigenvalue weighted by Crippen LogP contribution is -2.28. The van der Waals surface area contributed by atoms with E-state index in [-0.39, 0.29) is 17.0 Å². The van der Waals surface area contributed by atoms with Crippen molar-refractivity contribution in [2.75, 3.05) is 0 Å². The smallest absolute Gasteiger partial charge is 0.292 e.